The average Bonchev–Trinajstić information content (AvgIpc) is 3.15. The summed E-state index contributed by atoms with van der Waals surface area (Å²) in [6.07, 6.45) is 0. The van der Waals surface area contributed by atoms with E-state index >= 15 is 0 Å². The van der Waals surface area contributed by atoms with Crippen molar-refractivity contribution in [2.75, 3.05) is 18.7 Å². The second kappa shape index (κ2) is 5.77. The molecule has 0 aliphatic carbocycles. The lowest BCUT2D eigenvalue weighted by Gasteiger charge is -2.18. The summed E-state index contributed by atoms with van der Waals surface area (Å²) in [7, 11) is 1.60. The minimum atomic E-state index is -0.150. The molecule has 6 nitrogen and oxygen atoms in total. The molecule has 0 unspecified atom stereocenters. The number of amides is 1. The predicted octanol–water partition coefficient (Wildman–Crippen LogP) is 2.34. The Morgan fingerprint density at radius 3 is 3.05 bits per heavy atom. The monoisotopic (exact) mass is 305 g/mol. The van der Waals surface area contributed by atoms with Gasteiger partial charge >= 0.3 is 0 Å². The number of thioether (sulfide) groups is 1. The van der Waals surface area contributed by atoms with Gasteiger partial charge < -0.3 is 14.2 Å². The highest BCUT2D eigenvalue weighted by molar-refractivity contribution is 7.99. The zero-order chi connectivity index (χ0) is 14.8. The van der Waals surface area contributed by atoms with Crippen LogP contribution in [0.1, 0.15) is 18.9 Å². The lowest BCUT2D eigenvalue weighted by molar-refractivity contribution is -0.129. The molecule has 1 aromatic heterocycles. The molecule has 21 heavy (non-hydrogen) atoms. The zero-order valence-corrected chi connectivity index (χ0v) is 12.6. The third-order valence-electron chi connectivity index (χ3n) is 3.36. The lowest BCUT2D eigenvalue weighted by atomic mass is 10.2. The highest BCUT2D eigenvalue weighted by Gasteiger charge is 2.33. The number of nitrogens with zero attached hydrogens (tertiary/aromatic N) is 3. The standard InChI is InChI=1S/C14H15N3O3S/c1-9(18)17-8-21-7-11(17)14-15-13(16-20-14)10-5-3-4-6-12(10)19-2/h3-6,11H,7-8H2,1-2H3/t11-/m0/s1. The van der Waals surface area contributed by atoms with E-state index in [0.29, 0.717) is 23.3 Å². The van der Waals surface area contributed by atoms with Gasteiger partial charge in [0.1, 0.15) is 11.8 Å². The first-order valence-electron chi connectivity index (χ1n) is 6.52. The molecule has 1 saturated heterocycles. The van der Waals surface area contributed by atoms with E-state index in [-0.39, 0.29) is 11.9 Å². The van der Waals surface area contributed by atoms with Crippen LogP contribution >= 0.6 is 11.8 Å². The van der Waals surface area contributed by atoms with E-state index in [1.54, 1.807) is 30.7 Å². The van der Waals surface area contributed by atoms with Crippen LogP contribution in [0.5, 0.6) is 5.75 Å². The number of ether oxygens (including phenoxy) is 1. The van der Waals surface area contributed by atoms with Gasteiger partial charge in [0.15, 0.2) is 0 Å². The van der Waals surface area contributed by atoms with Crippen LogP contribution in [-0.4, -0.2) is 39.7 Å². The molecule has 1 aliphatic rings. The van der Waals surface area contributed by atoms with Crippen LogP contribution < -0.4 is 4.74 Å². The number of hydrogen-bond acceptors (Lipinski definition) is 6. The Bertz CT molecular complexity index is 658. The fourth-order valence-corrected chi connectivity index (χ4v) is 3.48. The predicted molar refractivity (Wildman–Crippen MR) is 78.9 cm³/mol. The van der Waals surface area contributed by atoms with Gasteiger partial charge in [-0.1, -0.05) is 17.3 Å². The normalized spacial score (nSPS) is 18.0. The van der Waals surface area contributed by atoms with Crippen molar-refractivity contribution < 1.29 is 14.1 Å². The quantitative estimate of drug-likeness (QED) is 0.867. The first-order valence-corrected chi connectivity index (χ1v) is 7.68. The molecule has 2 heterocycles. The number of hydrogen-bond donors (Lipinski definition) is 0. The van der Waals surface area contributed by atoms with Crippen molar-refractivity contribution in [3.63, 3.8) is 0 Å². The van der Waals surface area contributed by atoms with Crippen LogP contribution in [-0.2, 0) is 4.79 Å². The second-order valence-electron chi connectivity index (χ2n) is 4.66. The summed E-state index contributed by atoms with van der Waals surface area (Å²) < 4.78 is 10.7. The summed E-state index contributed by atoms with van der Waals surface area (Å²) in [4.78, 5) is 17.8. The Hall–Kier alpha value is -2.02. The van der Waals surface area contributed by atoms with Gasteiger partial charge in [0, 0.05) is 12.7 Å². The third kappa shape index (κ3) is 2.61. The first-order chi connectivity index (χ1) is 10.2. The van der Waals surface area contributed by atoms with Crippen LogP contribution in [0, 0.1) is 0 Å². The van der Waals surface area contributed by atoms with Crippen molar-refractivity contribution in [1.82, 2.24) is 15.0 Å². The minimum absolute atomic E-state index is 0.0158. The number of aromatic nitrogens is 2. The zero-order valence-electron chi connectivity index (χ0n) is 11.8. The Morgan fingerprint density at radius 2 is 2.29 bits per heavy atom. The topological polar surface area (TPSA) is 68.5 Å². The molecule has 0 N–H and O–H groups in total. The Balaban J connectivity index is 1.91. The van der Waals surface area contributed by atoms with Crippen LogP contribution in [0.3, 0.4) is 0 Å². The maximum absolute atomic E-state index is 11.6. The third-order valence-corrected chi connectivity index (χ3v) is 4.37. The van der Waals surface area contributed by atoms with Gasteiger partial charge in [0.2, 0.25) is 11.7 Å². The summed E-state index contributed by atoms with van der Waals surface area (Å²) in [5, 5.41) is 4.02. The van der Waals surface area contributed by atoms with Crippen molar-refractivity contribution >= 4 is 17.7 Å². The van der Waals surface area contributed by atoms with E-state index in [9.17, 15) is 4.79 Å². The number of benzene rings is 1. The lowest BCUT2D eigenvalue weighted by Crippen LogP contribution is -2.28. The largest absolute Gasteiger partial charge is 0.496 e. The van der Waals surface area contributed by atoms with Crippen molar-refractivity contribution in [3.05, 3.63) is 30.2 Å². The van der Waals surface area contributed by atoms with Gasteiger partial charge in [-0.05, 0) is 12.1 Å². The highest BCUT2D eigenvalue weighted by Crippen LogP contribution is 2.34. The van der Waals surface area contributed by atoms with E-state index in [4.69, 9.17) is 9.26 Å². The van der Waals surface area contributed by atoms with Gasteiger partial charge in [0.25, 0.3) is 5.89 Å². The van der Waals surface area contributed by atoms with Crippen LogP contribution in [0.4, 0.5) is 0 Å². The molecule has 110 valence electrons. The fraction of sp³-hybridized carbons (Fsp3) is 0.357. The number of carbonyl (C=O) groups is 1. The van der Waals surface area contributed by atoms with Crippen molar-refractivity contribution in [1.29, 1.82) is 0 Å². The van der Waals surface area contributed by atoms with Crippen LogP contribution in [0.25, 0.3) is 11.4 Å². The van der Waals surface area contributed by atoms with E-state index in [1.807, 2.05) is 24.3 Å². The molecular weight excluding hydrogens is 290 g/mol. The number of methoxy groups -OCH3 is 1. The molecular formula is C14H15N3O3S. The SMILES string of the molecule is COc1ccccc1-c1noc([C@@H]2CSCN2C(C)=O)n1. The average molecular weight is 305 g/mol. The van der Waals surface area contributed by atoms with Gasteiger partial charge in [-0.3, -0.25) is 4.79 Å². The molecule has 0 spiro atoms. The first kappa shape index (κ1) is 13.9. The van der Waals surface area contributed by atoms with Crippen molar-refractivity contribution in [3.8, 4) is 17.1 Å². The van der Waals surface area contributed by atoms with Gasteiger partial charge in [0.05, 0.1) is 18.6 Å². The van der Waals surface area contributed by atoms with E-state index in [1.165, 1.54) is 0 Å². The number of para-hydroxylation sites is 1. The van der Waals surface area contributed by atoms with Crippen LogP contribution in [0.2, 0.25) is 0 Å². The molecule has 2 aromatic rings. The van der Waals surface area contributed by atoms with Crippen molar-refractivity contribution in [2.45, 2.75) is 13.0 Å². The fourth-order valence-electron chi connectivity index (χ4n) is 2.27. The molecule has 7 heteroatoms. The molecule has 1 atom stereocenters. The molecule has 0 bridgehead atoms. The van der Waals surface area contributed by atoms with Gasteiger partial charge in [-0.2, -0.15) is 4.98 Å². The maximum Gasteiger partial charge on any atom is 0.250 e. The molecule has 1 fully saturated rings. The van der Waals surface area contributed by atoms with Crippen molar-refractivity contribution in [2.24, 2.45) is 0 Å². The molecule has 1 aliphatic heterocycles. The Kier molecular flexibility index (Phi) is 3.83. The Labute approximate surface area is 126 Å². The smallest absolute Gasteiger partial charge is 0.250 e. The summed E-state index contributed by atoms with van der Waals surface area (Å²) in [5.41, 5.74) is 0.773. The van der Waals surface area contributed by atoms with E-state index in [2.05, 4.69) is 10.1 Å². The van der Waals surface area contributed by atoms with Gasteiger partial charge in [-0.15, -0.1) is 11.8 Å². The molecule has 1 aromatic carbocycles. The number of rotatable bonds is 3. The molecule has 3 rings (SSSR count). The maximum atomic E-state index is 11.6. The summed E-state index contributed by atoms with van der Waals surface area (Å²) in [6.45, 7) is 1.55. The van der Waals surface area contributed by atoms with Gasteiger partial charge in [-0.25, -0.2) is 0 Å². The summed E-state index contributed by atoms with van der Waals surface area (Å²) in [6, 6.07) is 7.34. The molecule has 0 radical (unpaired) electrons. The van der Waals surface area contributed by atoms with E-state index in [0.717, 1.165) is 11.3 Å². The van der Waals surface area contributed by atoms with Crippen LogP contribution in [0.15, 0.2) is 28.8 Å². The number of carbonyl (C=O) groups excluding carboxylic acids is 1. The summed E-state index contributed by atoms with van der Waals surface area (Å²) in [5.74, 6) is 3.08. The molecule has 0 saturated carbocycles. The summed E-state index contributed by atoms with van der Waals surface area (Å²) >= 11 is 1.68. The second-order valence-corrected chi connectivity index (χ2v) is 5.66. The molecule has 1 amide bonds. The van der Waals surface area contributed by atoms with E-state index < -0.39 is 0 Å². The minimum Gasteiger partial charge on any atom is -0.496 e. The Morgan fingerprint density at radius 1 is 1.48 bits per heavy atom. The highest BCUT2D eigenvalue weighted by atomic mass is 32.2.